The number of pyridine rings is 1. The summed E-state index contributed by atoms with van der Waals surface area (Å²) in [6.45, 7) is 3.23. The Kier molecular flexibility index (Phi) is 3.87. The summed E-state index contributed by atoms with van der Waals surface area (Å²) in [6, 6.07) is 3.66. The van der Waals surface area contributed by atoms with Crippen LogP contribution < -0.4 is 5.32 Å². The minimum atomic E-state index is -1.04. The maximum Gasteiger partial charge on any atom is 0.228 e. The molecule has 1 amide bonds. The van der Waals surface area contributed by atoms with Gasteiger partial charge in [-0.15, -0.1) is 5.10 Å². The van der Waals surface area contributed by atoms with Gasteiger partial charge in [0.15, 0.2) is 5.82 Å². The Bertz CT molecular complexity index is 714. The molecule has 6 heteroatoms. The number of halogens is 1. The largest absolute Gasteiger partial charge is 0.390 e. The van der Waals surface area contributed by atoms with E-state index in [1.165, 1.54) is 6.42 Å². The first kappa shape index (κ1) is 15.3. The van der Waals surface area contributed by atoms with Crippen molar-refractivity contribution >= 4 is 28.8 Å². The van der Waals surface area contributed by atoms with Crippen LogP contribution in [0, 0.1) is 0 Å². The lowest BCUT2D eigenvalue weighted by Crippen LogP contribution is -2.27. The predicted octanol–water partition coefficient (Wildman–Crippen LogP) is 3.35. The minimum Gasteiger partial charge on any atom is -0.390 e. The Morgan fingerprint density at radius 1 is 1.55 bits per heavy atom. The molecule has 2 aromatic heterocycles. The van der Waals surface area contributed by atoms with Crippen molar-refractivity contribution in [3.05, 3.63) is 28.9 Å². The second kappa shape index (κ2) is 5.56. The van der Waals surface area contributed by atoms with Crippen molar-refractivity contribution in [3.8, 4) is 0 Å². The predicted molar refractivity (Wildman–Crippen MR) is 86.3 cm³/mol. The van der Waals surface area contributed by atoms with Crippen LogP contribution in [0.4, 0.5) is 5.82 Å². The van der Waals surface area contributed by atoms with Crippen molar-refractivity contribution in [3.63, 3.8) is 0 Å². The van der Waals surface area contributed by atoms with Gasteiger partial charge in [-0.25, -0.2) is 4.52 Å². The van der Waals surface area contributed by atoms with Gasteiger partial charge < -0.3 is 10.4 Å². The SMILES string of the molecule is CC(C)(O)CC(=O)Nc1nn2ccc(Cl)cc2c1C1CCC1. The summed E-state index contributed by atoms with van der Waals surface area (Å²) in [5.74, 6) is 0.761. The Labute approximate surface area is 134 Å². The van der Waals surface area contributed by atoms with Crippen LogP contribution in [0.15, 0.2) is 18.3 Å². The van der Waals surface area contributed by atoms with Crippen molar-refractivity contribution in [2.45, 2.75) is 51.0 Å². The summed E-state index contributed by atoms with van der Waals surface area (Å²) in [4.78, 5) is 12.1. The van der Waals surface area contributed by atoms with Crippen LogP contribution in [0.5, 0.6) is 0 Å². The monoisotopic (exact) mass is 321 g/mol. The van der Waals surface area contributed by atoms with Crippen molar-refractivity contribution < 1.29 is 9.90 Å². The van der Waals surface area contributed by atoms with E-state index in [-0.39, 0.29) is 12.3 Å². The Morgan fingerprint density at radius 2 is 2.27 bits per heavy atom. The summed E-state index contributed by atoms with van der Waals surface area (Å²) in [5, 5.41) is 17.8. The topological polar surface area (TPSA) is 66.6 Å². The highest BCUT2D eigenvalue weighted by Gasteiger charge is 2.28. The fourth-order valence-electron chi connectivity index (χ4n) is 2.80. The van der Waals surface area contributed by atoms with Crippen LogP contribution in [-0.4, -0.2) is 26.2 Å². The number of anilines is 1. The van der Waals surface area contributed by atoms with E-state index in [1.54, 1.807) is 30.6 Å². The van der Waals surface area contributed by atoms with Gasteiger partial charge in [0.25, 0.3) is 0 Å². The highest BCUT2D eigenvalue weighted by Crippen LogP contribution is 2.42. The number of hydrogen-bond acceptors (Lipinski definition) is 3. The summed E-state index contributed by atoms with van der Waals surface area (Å²) in [6.07, 6.45) is 5.22. The number of aromatic nitrogens is 2. The van der Waals surface area contributed by atoms with E-state index in [9.17, 15) is 9.90 Å². The molecule has 0 aliphatic heterocycles. The third-order valence-corrected chi connectivity index (χ3v) is 4.23. The van der Waals surface area contributed by atoms with Gasteiger partial charge >= 0.3 is 0 Å². The zero-order chi connectivity index (χ0) is 15.9. The molecule has 0 unspecified atom stereocenters. The van der Waals surface area contributed by atoms with Crippen molar-refractivity contribution in [2.24, 2.45) is 0 Å². The van der Waals surface area contributed by atoms with Gasteiger partial charge in [0.2, 0.25) is 5.91 Å². The van der Waals surface area contributed by atoms with Gasteiger partial charge in [0.1, 0.15) is 0 Å². The van der Waals surface area contributed by atoms with Crippen LogP contribution in [0.1, 0.15) is 51.0 Å². The fraction of sp³-hybridized carbons (Fsp3) is 0.500. The lowest BCUT2D eigenvalue weighted by atomic mass is 9.80. The van der Waals surface area contributed by atoms with E-state index in [1.807, 2.05) is 6.07 Å². The van der Waals surface area contributed by atoms with Crippen LogP contribution in [0.25, 0.3) is 5.52 Å². The minimum absolute atomic E-state index is 0.0335. The van der Waals surface area contributed by atoms with Crippen molar-refractivity contribution in [1.29, 1.82) is 0 Å². The molecule has 22 heavy (non-hydrogen) atoms. The van der Waals surface area contributed by atoms with Gasteiger partial charge in [0.05, 0.1) is 17.5 Å². The number of amides is 1. The number of fused-ring (bicyclic) bond motifs is 1. The standard InChI is InChI=1S/C16H20ClN3O2/c1-16(2,22)9-13(21)18-15-14(10-4-3-5-10)12-8-11(17)6-7-20(12)19-15/h6-8,10,22H,3-5,9H2,1-2H3,(H,18,19,21). The molecule has 0 atom stereocenters. The number of nitrogens with one attached hydrogen (secondary N) is 1. The number of rotatable bonds is 4. The smallest absolute Gasteiger partial charge is 0.228 e. The molecule has 0 saturated heterocycles. The van der Waals surface area contributed by atoms with Gasteiger partial charge in [-0.1, -0.05) is 18.0 Å². The normalized spacial score (nSPS) is 15.8. The van der Waals surface area contributed by atoms with Crippen molar-refractivity contribution in [2.75, 3.05) is 5.32 Å². The molecule has 1 aliphatic carbocycles. The first-order valence-electron chi connectivity index (χ1n) is 7.53. The molecule has 1 saturated carbocycles. The zero-order valence-corrected chi connectivity index (χ0v) is 13.5. The summed E-state index contributed by atoms with van der Waals surface area (Å²) in [7, 11) is 0. The number of aliphatic hydroxyl groups is 1. The highest BCUT2D eigenvalue weighted by atomic mass is 35.5. The molecule has 118 valence electrons. The molecule has 2 aromatic rings. The molecule has 5 nitrogen and oxygen atoms in total. The Hall–Kier alpha value is -1.59. The molecule has 0 radical (unpaired) electrons. The van der Waals surface area contributed by atoms with E-state index in [2.05, 4.69) is 10.4 Å². The number of nitrogens with zero attached hydrogens (tertiary/aromatic N) is 2. The van der Waals surface area contributed by atoms with Gasteiger partial charge in [-0.05, 0) is 44.7 Å². The molecule has 0 aromatic carbocycles. The average Bonchev–Trinajstić information content (AvgIpc) is 2.63. The van der Waals surface area contributed by atoms with E-state index < -0.39 is 5.60 Å². The molecule has 2 N–H and O–H groups in total. The maximum absolute atomic E-state index is 12.1. The van der Waals surface area contributed by atoms with E-state index in [4.69, 9.17) is 11.6 Å². The third-order valence-electron chi connectivity index (χ3n) is 4.00. The van der Waals surface area contributed by atoms with Crippen LogP contribution in [0.3, 0.4) is 0 Å². The number of carbonyl (C=O) groups is 1. The molecule has 1 aliphatic rings. The molecule has 1 fully saturated rings. The molecule has 0 spiro atoms. The zero-order valence-electron chi connectivity index (χ0n) is 12.8. The fourth-order valence-corrected chi connectivity index (χ4v) is 2.96. The quantitative estimate of drug-likeness (QED) is 0.907. The second-order valence-electron chi connectivity index (χ2n) is 6.60. The lowest BCUT2D eigenvalue weighted by molar-refractivity contribution is -0.119. The van der Waals surface area contributed by atoms with E-state index in [0.717, 1.165) is 23.9 Å². The molecular formula is C16H20ClN3O2. The van der Waals surface area contributed by atoms with Crippen LogP contribution in [0.2, 0.25) is 5.02 Å². The Balaban J connectivity index is 1.96. The summed E-state index contributed by atoms with van der Waals surface area (Å²) < 4.78 is 1.75. The van der Waals surface area contributed by atoms with Gasteiger partial charge in [0, 0.05) is 16.8 Å². The first-order chi connectivity index (χ1) is 10.3. The second-order valence-corrected chi connectivity index (χ2v) is 7.04. The third kappa shape index (κ3) is 3.10. The van der Waals surface area contributed by atoms with Gasteiger partial charge in [-0.2, -0.15) is 0 Å². The number of carbonyl (C=O) groups excluding carboxylic acids is 1. The van der Waals surface area contributed by atoms with E-state index in [0.29, 0.717) is 16.8 Å². The van der Waals surface area contributed by atoms with Crippen LogP contribution >= 0.6 is 11.6 Å². The van der Waals surface area contributed by atoms with Crippen molar-refractivity contribution in [1.82, 2.24) is 9.61 Å². The lowest BCUT2D eigenvalue weighted by Gasteiger charge is -2.26. The molecule has 0 bridgehead atoms. The van der Waals surface area contributed by atoms with E-state index >= 15 is 0 Å². The first-order valence-corrected chi connectivity index (χ1v) is 7.91. The van der Waals surface area contributed by atoms with Crippen LogP contribution in [-0.2, 0) is 4.79 Å². The van der Waals surface area contributed by atoms with Gasteiger partial charge in [-0.3, -0.25) is 4.79 Å². The summed E-state index contributed by atoms with van der Waals surface area (Å²) in [5.41, 5.74) is 0.956. The summed E-state index contributed by atoms with van der Waals surface area (Å²) >= 11 is 6.10. The highest BCUT2D eigenvalue weighted by molar-refractivity contribution is 6.30. The molecule has 3 rings (SSSR count). The average molecular weight is 322 g/mol. The molecular weight excluding hydrogens is 302 g/mol. The molecule has 2 heterocycles. The Morgan fingerprint density at radius 3 is 2.86 bits per heavy atom. The number of hydrogen-bond donors (Lipinski definition) is 2. The maximum atomic E-state index is 12.1.